The third kappa shape index (κ3) is 2.34. The molecule has 0 spiro atoms. The highest BCUT2D eigenvalue weighted by Crippen LogP contribution is 2.36. The Bertz CT molecular complexity index is 406. The van der Waals surface area contributed by atoms with Crippen molar-refractivity contribution in [2.24, 2.45) is 0 Å². The van der Waals surface area contributed by atoms with Crippen molar-refractivity contribution in [1.82, 2.24) is 9.97 Å². The van der Waals surface area contributed by atoms with E-state index in [4.69, 9.17) is 14.1 Å². The lowest BCUT2D eigenvalue weighted by Gasteiger charge is -2.32. The second-order valence-electron chi connectivity index (χ2n) is 5.23. The van der Waals surface area contributed by atoms with Crippen LogP contribution in [0.3, 0.4) is 0 Å². The molecular formula is C11H18BN3O3. The van der Waals surface area contributed by atoms with Crippen molar-refractivity contribution in [3.05, 3.63) is 12.4 Å². The van der Waals surface area contributed by atoms with Gasteiger partial charge >= 0.3 is 7.12 Å². The van der Waals surface area contributed by atoms with Gasteiger partial charge in [0, 0.05) is 17.9 Å². The van der Waals surface area contributed by atoms with Crippen LogP contribution in [0.1, 0.15) is 27.7 Å². The summed E-state index contributed by atoms with van der Waals surface area (Å²) in [6.45, 7) is 8.03. The molecule has 0 atom stereocenters. The molecule has 1 aromatic heterocycles. The normalized spacial score (nSPS) is 21.1. The molecule has 0 amide bonds. The van der Waals surface area contributed by atoms with E-state index in [1.165, 1.54) is 7.11 Å². The first-order valence-electron chi connectivity index (χ1n) is 5.82. The zero-order chi connectivity index (χ0) is 13.4. The van der Waals surface area contributed by atoms with Crippen molar-refractivity contribution in [2.75, 3.05) is 12.6 Å². The van der Waals surface area contributed by atoms with E-state index in [0.29, 0.717) is 5.95 Å². The summed E-state index contributed by atoms with van der Waals surface area (Å²) in [6, 6.07) is 0. The molecule has 1 fully saturated rings. The molecule has 18 heavy (non-hydrogen) atoms. The Morgan fingerprint density at radius 2 is 1.61 bits per heavy atom. The maximum atomic E-state index is 5.90. The number of anilines is 1. The Hall–Kier alpha value is -1.18. The quantitative estimate of drug-likeness (QED) is 0.631. The lowest BCUT2D eigenvalue weighted by Crippen LogP contribution is -2.41. The fourth-order valence-corrected chi connectivity index (χ4v) is 1.58. The van der Waals surface area contributed by atoms with Crippen LogP contribution in [-0.2, 0) is 14.1 Å². The average molecular weight is 251 g/mol. The Balaban J connectivity index is 2.14. The fourth-order valence-electron chi connectivity index (χ4n) is 1.58. The van der Waals surface area contributed by atoms with Gasteiger partial charge in [-0.1, -0.05) is 0 Å². The summed E-state index contributed by atoms with van der Waals surface area (Å²) < 4.78 is 11.8. The molecule has 2 rings (SSSR count). The molecule has 0 radical (unpaired) electrons. The largest absolute Gasteiger partial charge is 0.498 e. The Morgan fingerprint density at radius 3 is 2.06 bits per heavy atom. The summed E-state index contributed by atoms with van der Waals surface area (Å²) in [4.78, 5) is 12.9. The minimum atomic E-state index is -0.438. The number of hydrogen-bond donors (Lipinski definition) is 1. The molecular weight excluding hydrogens is 233 g/mol. The molecule has 0 bridgehead atoms. The van der Waals surface area contributed by atoms with E-state index in [9.17, 15) is 0 Å². The first-order valence-corrected chi connectivity index (χ1v) is 5.82. The molecule has 0 unspecified atom stereocenters. The SMILES string of the molecule is CONc1ncc(B2OC(C)(C)C(C)(C)O2)cn1. The first-order chi connectivity index (χ1) is 8.36. The molecule has 1 saturated heterocycles. The summed E-state index contributed by atoms with van der Waals surface area (Å²) in [6.07, 6.45) is 3.33. The molecule has 0 aromatic carbocycles. The van der Waals surface area contributed by atoms with Crippen LogP contribution in [0.15, 0.2) is 12.4 Å². The van der Waals surface area contributed by atoms with Gasteiger partial charge in [-0.05, 0) is 27.7 Å². The summed E-state index contributed by atoms with van der Waals surface area (Å²) in [5, 5.41) is 0. The molecule has 1 aliphatic heterocycles. The molecule has 1 N–H and O–H groups in total. The zero-order valence-electron chi connectivity index (χ0n) is 11.4. The molecule has 0 aliphatic carbocycles. The molecule has 7 heteroatoms. The lowest BCUT2D eigenvalue weighted by atomic mass is 9.81. The molecule has 1 aliphatic rings. The van der Waals surface area contributed by atoms with Crippen LogP contribution in [0, 0.1) is 0 Å². The van der Waals surface area contributed by atoms with Gasteiger partial charge in [0.05, 0.1) is 18.3 Å². The molecule has 98 valence electrons. The fraction of sp³-hybridized carbons (Fsp3) is 0.636. The van der Waals surface area contributed by atoms with Gasteiger partial charge in [0.2, 0.25) is 5.95 Å². The average Bonchev–Trinajstić information content (AvgIpc) is 2.50. The van der Waals surface area contributed by atoms with Crippen LogP contribution < -0.4 is 10.9 Å². The number of hydrogen-bond acceptors (Lipinski definition) is 6. The van der Waals surface area contributed by atoms with Gasteiger partial charge in [-0.3, -0.25) is 4.84 Å². The van der Waals surface area contributed by atoms with Crippen LogP contribution in [0.2, 0.25) is 0 Å². The van der Waals surface area contributed by atoms with E-state index >= 15 is 0 Å². The van der Waals surface area contributed by atoms with Crippen molar-refractivity contribution in [3.8, 4) is 0 Å². The van der Waals surface area contributed by atoms with Crippen LogP contribution in [0.25, 0.3) is 0 Å². The number of aromatic nitrogens is 2. The van der Waals surface area contributed by atoms with Crippen LogP contribution in [-0.4, -0.2) is 35.4 Å². The second-order valence-corrected chi connectivity index (χ2v) is 5.23. The maximum absolute atomic E-state index is 5.90. The topological polar surface area (TPSA) is 65.5 Å². The highest BCUT2D eigenvalue weighted by Gasteiger charge is 2.51. The van der Waals surface area contributed by atoms with Crippen molar-refractivity contribution in [1.29, 1.82) is 0 Å². The number of rotatable bonds is 3. The van der Waals surface area contributed by atoms with E-state index < -0.39 is 7.12 Å². The van der Waals surface area contributed by atoms with E-state index in [0.717, 1.165) is 5.46 Å². The Kier molecular flexibility index (Phi) is 3.31. The van der Waals surface area contributed by atoms with E-state index in [2.05, 4.69) is 15.4 Å². The molecule has 0 saturated carbocycles. The molecule has 2 heterocycles. The second kappa shape index (κ2) is 4.49. The van der Waals surface area contributed by atoms with E-state index in [1.54, 1.807) is 12.4 Å². The van der Waals surface area contributed by atoms with E-state index in [1.807, 2.05) is 27.7 Å². The third-order valence-corrected chi connectivity index (χ3v) is 3.39. The Labute approximate surface area is 107 Å². The minimum Gasteiger partial charge on any atom is -0.399 e. The summed E-state index contributed by atoms with van der Waals surface area (Å²) >= 11 is 0. The third-order valence-electron chi connectivity index (χ3n) is 3.39. The first kappa shape index (κ1) is 13.3. The predicted molar refractivity (Wildman–Crippen MR) is 68.4 cm³/mol. The van der Waals surface area contributed by atoms with Gasteiger partial charge in [-0.25, -0.2) is 15.4 Å². The standard InChI is InChI=1S/C11H18BN3O3/c1-10(2)11(3,4)18-12(17-10)8-6-13-9(14-7-8)15-16-5/h6-7H,1-5H3,(H,13,14,15). The van der Waals surface area contributed by atoms with Gasteiger partial charge in [-0.15, -0.1) is 0 Å². The summed E-state index contributed by atoms with van der Waals surface area (Å²) in [5.41, 5.74) is 2.62. The monoisotopic (exact) mass is 251 g/mol. The Morgan fingerprint density at radius 1 is 1.11 bits per heavy atom. The highest BCUT2D eigenvalue weighted by molar-refractivity contribution is 6.61. The van der Waals surface area contributed by atoms with Crippen LogP contribution >= 0.6 is 0 Å². The van der Waals surface area contributed by atoms with Gasteiger partial charge in [-0.2, -0.15) is 0 Å². The van der Waals surface area contributed by atoms with Crippen molar-refractivity contribution < 1.29 is 14.1 Å². The predicted octanol–water partition coefficient (Wildman–Crippen LogP) is 0.749. The smallest absolute Gasteiger partial charge is 0.399 e. The number of nitrogens with zero attached hydrogens (tertiary/aromatic N) is 2. The maximum Gasteiger partial charge on any atom is 0.498 e. The van der Waals surface area contributed by atoms with Crippen molar-refractivity contribution in [2.45, 2.75) is 38.9 Å². The van der Waals surface area contributed by atoms with Gasteiger partial charge < -0.3 is 9.31 Å². The highest BCUT2D eigenvalue weighted by atomic mass is 16.7. The zero-order valence-corrected chi connectivity index (χ0v) is 11.4. The van der Waals surface area contributed by atoms with Gasteiger partial charge in [0.15, 0.2) is 0 Å². The molecule has 6 nitrogen and oxygen atoms in total. The van der Waals surface area contributed by atoms with E-state index in [-0.39, 0.29) is 11.2 Å². The summed E-state index contributed by atoms with van der Waals surface area (Å²) in [5.74, 6) is 0.401. The summed E-state index contributed by atoms with van der Waals surface area (Å²) in [7, 11) is 1.07. The molecule has 1 aromatic rings. The van der Waals surface area contributed by atoms with Crippen LogP contribution in [0.5, 0.6) is 0 Å². The van der Waals surface area contributed by atoms with Gasteiger partial charge in [0.1, 0.15) is 0 Å². The van der Waals surface area contributed by atoms with Gasteiger partial charge in [0.25, 0.3) is 0 Å². The van der Waals surface area contributed by atoms with Crippen molar-refractivity contribution >= 4 is 18.5 Å². The minimum absolute atomic E-state index is 0.360. The van der Waals surface area contributed by atoms with Crippen LogP contribution in [0.4, 0.5) is 5.95 Å². The number of nitrogens with one attached hydrogen (secondary N) is 1. The van der Waals surface area contributed by atoms with Crippen molar-refractivity contribution in [3.63, 3.8) is 0 Å². The lowest BCUT2D eigenvalue weighted by molar-refractivity contribution is 0.00578.